The Bertz CT molecular complexity index is 1470. The van der Waals surface area contributed by atoms with Crippen LogP contribution in [0.4, 0.5) is 0 Å². The number of ether oxygens (including phenoxy) is 3. The third-order valence-corrected chi connectivity index (χ3v) is 12.5. The fourth-order valence-electron chi connectivity index (χ4n) is 8.01. The van der Waals surface area contributed by atoms with E-state index >= 15 is 0 Å². The molecule has 0 aromatic rings. The molecule has 0 aliphatic rings. The molecule has 0 aromatic carbocycles. The highest BCUT2D eigenvalue weighted by molar-refractivity contribution is 5.71. The standard InChI is InChI=1S/C66H110O6/c1-4-7-10-13-16-19-22-25-27-29-30-31-32-33-34-35-36-37-39-41-44-47-50-53-56-59-65(68)71-62-63(61-70-64(67)58-55-52-49-46-43-40-24-21-18-15-12-9-6-3)72-66(69)60-57-54-51-48-45-42-38-28-26-23-20-17-14-11-8-5-2/h7,10,12,15-16,19,21,24-25,27-28,30-31,33-34,36-38,63H,4-6,8-9,11,13-14,17-18,20,22-23,26,29,32,35,39-62H2,1-3H3/b10-7-,15-12-,19-16-,24-21-,27-25-,31-30-,34-33-,37-36-,38-28-. The molecule has 6 nitrogen and oxygen atoms in total. The lowest BCUT2D eigenvalue weighted by Crippen LogP contribution is -2.30. The first kappa shape index (κ1) is 68.1. The summed E-state index contributed by atoms with van der Waals surface area (Å²) in [6.07, 6.45) is 80.8. The largest absolute Gasteiger partial charge is 0.462 e. The summed E-state index contributed by atoms with van der Waals surface area (Å²) in [7, 11) is 0. The van der Waals surface area contributed by atoms with Gasteiger partial charge in [-0.25, -0.2) is 0 Å². The van der Waals surface area contributed by atoms with Crippen molar-refractivity contribution in [2.24, 2.45) is 0 Å². The average molecular weight is 1000 g/mol. The van der Waals surface area contributed by atoms with Gasteiger partial charge in [-0.3, -0.25) is 14.4 Å². The number of hydrogen-bond acceptors (Lipinski definition) is 6. The van der Waals surface area contributed by atoms with E-state index in [1.54, 1.807) is 0 Å². The first-order chi connectivity index (χ1) is 35.5. The Morgan fingerprint density at radius 3 is 0.917 bits per heavy atom. The molecule has 0 aliphatic heterocycles. The summed E-state index contributed by atoms with van der Waals surface area (Å²) in [6, 6.07) is 0. The maximum atomic E-state index is 12.9. The molecule has 0 spiro atoms. The Hall–Kier alpha value is -3.93. The van der Waals surface area contributed by atoms with Gasteiger partial charge in [0.2, 0.25) is 0 Å². The lowest BCUT2D eigenvalue weighted by atomic mass is 10.1. The van der Waals surface area contributed by atoms with Gasteiger partial charge in [0.1, 0.15) is 13.2 Å². The fraction of sp³-hybridized carbons (Fsp3) is 0.682. The highest BCUT2D eigenvalue weighted by atomic mass is 16.6. The van der Waals surface area contributed by atoms with Crippen LogP contribution >= 0.6 is 0 Å². The summed E-state index contributed by atoms with van der Waals surface area (Å²) >= 11 is 0. The van der Waals surface area contributed by atoms with E-state index in [1.807, 2.05) is 0 Å². The molecule has 0 amide bonds. The van der Waals surface area contributed by atoms with E-state index in [0.29, 0.717) is 19.3 Å². The molecule has 0 radical (unpaired) electrons. The quantitative estimate of drug-likeness (QED) is 0.0261. The van der Waals surface area contributed by atoms with Gasteiger partial charge in [-0.2, -0.15) is 0 Å². The number of esters is 3. The predicted octanol–water partition coefficient (Wildman–Crippen LogP) is 20.3. The van der Waals surface area contributed by atoms with Crippen molar-refractivity contribution >= 4 is 17.9 Å². The number of unbranched alkanes of at least 4 members (excludes halogenated alkanes) is 24. The van der Waals surface area contributed by atoms with Gasteiger partial charge < -0.3 is 14.2 Å². The van der Waals surface area contributed by atoms with Gasteiger partial charge in [0, 0.05) is 19.3 Å². The Morgan fingerprint density at radius 1 is 0.292 bits per heavy atom. The molecule has 0 rings (SSSR count). The molecular weight excluding hydrogens is 889 g/mol. The summed E-state index contributed by atoms with van der Waals surface area (Å²) in [4.78, 5) is 38.2. The van der Waals surface area contributed by atoms with Gasteiger partial charge in [0.25, 0.3) is 0 Å². The van der Waals surface area contributed by atoms with Gasteiger partial charge in [0.15, 0.2) is 6.10 Å². The summed E-state index contributed by atoms with van der Waals surface area (Å²) < 4.78 is 16.9. The van der Waals surface area contributed by atoms with Crippen LogP contribution in [0.25, 0.3) is 0 Å². The normalized spacial score (nSPS) is 12.9. The van der Waals surface area contributed by atoms with Gasteiger partial charge in [-0.15, -0.1) is 0 Å². The van der Waals surface area contributed by atoms with Crippen molar-refractivity contribution in [1.29, 1.82) is 0 Å². The third-order valence-electron chi connectivity index (χ3n) is 12.5. The van der Waals surface area contributed by atoms with Crippen molar-refractivity contribution < 1.29 is 28.6 Å². The maximum Gasteiger partial charge on any atom is 0.306 e. The summed E-state index contributed by atoms with van der Waals surface area (Å²) in [5.41, 5.74) is 0. The zero-order chi connectivity index (χ0) is 52.2. The highest BCUT2D eigenvalue weighted by Crippen LogP contribution is 2.14. The minimum Gasteiger partial charge on any atom is -0.462 e. The van der Waals surface area contributed by atoms with Crippen LogP contribution in [0, 0.1) is 0 Å². The van der Waals surface area contributed by atoms with Crippen molar-refractivity contribution in [3.05, 3.63) is 109 Å². The Kier molecular flexibility index (Phi) is 56.4. The van der Waals surface area contributed by atoms with E-state index in [2.05, 4.69) is 130 Å². The van der Waals surface area contributed by atoms with Crippen LogP contribution in [0.3, 0.4) is 0 Å². The third kappa shape index (κ3) is 57.0. The molecule has 0 aromatic heterocycles. The zero-order valence-electron chi connectivity index (χ0n) is 46.9. The van der Waals surface area contributed by atoms with Crippen LogP contribution in [-0.4, -0.2) is 37.2 Å². The molecule has 0 saturated heterocycles. The maximum absolute atomic E-state index is 12.9. The van der Waals surface area contributed by atoms with E-state index in [4.69, 9.17) is 14.2 Å². The first-order valence-corrected chi connectivity index (χ1v) is 29.9. The Morgan fingerprint density at radius 2 is 0.569 bits per heavy atom. The van der Waals surface area contributed by atoms with Crippen molar-refractivity contribution in [2.75, 3.05) is 13.2 Å². The second-order valence-corrected chi connectivity index (χ2v) is 19.5. The second-order valence-electron chi connectivity index (χ2n) is 19.5. The molecule has 410 valence electrons. The van der Waals surface area contributed by atoms with E-state index in [-0.39, 0.29) is 31.1 Å². The Labute approximate surface area is 444 Å². The summed E-state index contributed by atoms with van der Waals surface area (Å²) in [6.45, 7) is 6.43. The van der Waals surface area contributed by atoms with Gasteiger partial charge >= 0.3 is 17.9 Å². The van der Waals surface area contributed by atoms with Crippen LogP contribution in [-0.2, 0) is 28.6 Å². The van der Waals surface area contributed by atoms with Crippen LogP contribution in [0.5, 0.6) is 0 Å². The average Bonchev–Trinajstić information content (AvgIpc) is 3.38. The van der Waals surface area contributed by atoms with Crippen LogP contribution in [0.2, 0.25) is 0 Å². The number of rotatable bonds is 53. The molecule has 1 unspecified atom stereocenters. The summed E-state index contributed by atoms with van der Waals surface area (Å²) in [5, 5.41) is 0. The molecule has 0 aliphatic carbocycles. The van der Waals surface area contributed by atoms with Crippen LogP contribution < -0.4 is 0 Å². The van der Waals surface area contributed by atoms with Crippen LogP contribution in [0.15, 0.2) is 109 Å². The van der Waals surface area contributed by atoms with Crippen LogP contribution in [0.1, 0.15) is 271 Å². The predicted molar refractivity (Wildman–Crippen MR) is 311 cm³/mol. The van der Waals surface area contributed by atoms with E-state index in [0.717, 1.165) is 154 Å². The molecule has 0 fully saturated rings. The summed E-state index contributed by atoms with van der Waals surface area (Å²) in [5.74, 6) is -0.928. The number of hydrogen-bond donors (Lipinski definition) is 0. The topological polar surface area (TPSA) is 78.9 Å². The van der Waals surface area contributed by atoms with Crippen molar-refractivity contribution in [3.63, 3.8) is 0 Å². The minimum atomic E-state index is -0.797. The Balaban J connectivity index is 4.39. The zero-order valence-corrected chi connectivity index (χ0v) is 46.9. The number of allylic oxidation sites excluding steroid dienone is 18. The number of carbonyl (C=O) groups excluding carboxylic acids is 3. The molecule has 0 N–H and O–H groups in total. The molecule has 0 bridgehead atoms. The smallest absolute Gasteiger partial charge is 0.306 e. The first-order valence-electron chi connectivity index (χ1n) is 29.9. The molecule has 72 heavy (non-hydrogen) atoms. The minimum absolute atomic E-state index is 0.0944. The highest BCUT2D eigenvalue weighted by Gasteiger charge is 2.19. The fourth-order valence-corrected chi connectivity index (χ4v) is 8.01. The molecule has 0 heterocycles. The molecule has 0 saturated carbocycles. The lowest BCUT2D eigenvalue weighted by molar-refractivity contribution is -0.167. The SMILES string of the molecule is CC/C=C\C/C=C\C/C=C\C/C=C\C/C=C\C/C=C\CCCCCCCCC(=O)OCC(COC(=O)CCCCCCC/C=C\C/C=C\CCC)OC(=O)CCCCCCC/C=C\CCCCCCCCC. The molecular formula is C66H110O6. The van der Waals surface area contributed by atoms with Gasteiger partial charge in [0.05, 0.1) is 0 Å². The van der Waals surface area contributed by atoms with Gasteiger partial charge in [-0.1, -0.05) is 239 Å². The monoisotopic (exact) mass is 999 g/mol. The van der Waals surface area contributed by atoms with Crippen molar-refractivity contribution in [2.45, 2.75) is 277 Å². The van der Waals surface area contributed by atoms with E-state index in [1.165, 1.54) is 77.0 Å². The van der Waals surface area contributed by atoms with E-state index in [9.17, 15) is 14.4 Å². The molecule has 1 atom stereocenters. The van der Waals surface area contributed by atoms with E-state index < -0.39 is 6.10 Å². The molecule has 6 heteroatoms. The second kappa shape index (κ2) is 59.6. The van der Waals surface area contributed by atoms with Crippen molar-refractivity contribution in [3.8, 4) is 0 Å². The number of carbonyl (C=O) groups is 3. The lowest BCUT2D eigenvalue weighted by Gasteiger charge is -2.18. The van der Waals surface area contributed by atoms with Gasteiger partial charge in [-0.05, 0) is 122 Å². The van der Waals surface area contributed by atoms with Crippen molar-refractivity contribution in [1.82, 2.24) is 0 Å².